The molecule has 0 saturated heterocycles. The second-order valence-corrected chi connectivity index (χ2v) is 4.21. The third kappa shape index (κ3) is 2.20. The molecular weight excluding hydrogens is 244 g/mol. The van der Waals surface area contributed by atoms with E-state index in [-0.39, 0.29) is 17.7 Å². The van der Waals surface area contributed by atoms with Gasteiger partial charge in [-0.25, -0.2) is 4.98 Å². The van der Waals surface area contributed by atoms with E-state index in [1.165, 1.54) is 6.33 Å². The van der Waals surface area contributed by atoms with Crippen molar-refractivity contribution in [1.29, 1.82) is 0 Å². The Kier molecular flexibility index (Phi) is 2.75. The van der Waals surface area contributed by atoms with E-state index in [2.05, 4.69) is 20.5 Å². The van der Waals surface area contributed by atoms with Crippen molar-refractivity contribution < 1.29 is 9.21 Å². The fourth-order valence-corrected chi connectivity index (χ4v) is 1.85. The fourth-order valence-electron chi connectivity index (χ4n) is 1.85. The molecule has 0 bridgehead atoms. The maximum atomic E-state index is 12.1. The number of amides is 1. The minimum absolute atomic E-state index is 0.261. The first-order valence-electron chi connectivity index (χ1n) is 5.89. The van der Waals surface area contributed by atoms with E-state index in [1.54, 1.807) is 6.07 Å². The first-order chi connectivity index (χ1) is 9.24. The van der Waals surface area contributed by atoms with Crippen molar-refractivity contribution in [3.63, 3.8) is 0 Å². The predicted octanol–water partition coefficient (Wildman–Crippen LogP) is 2.04. The molecule has 2 N–H and O–H groups in total. The molecule has 1 aromatic carbocycles. The molecule has 96 valence electrons. The van der Waals surface area contributed by atoms with Gasteiger partial charge in [0.05, 0.1) is 6.04 Å². The molecule has 0 aliphatic rings. The summed E-state index contributed by atoms with van der Waals surface area (Å²) in [7, 11) is 0. The lowest BCUT2D eigenvalue weighted by atomic mass is 10.2. The Morgan fingerprint density at radius 1 is 1.42 bits per heavy atom. The molecule has 2 aromatic heterocycles. The highest BCUT2D eigenvalue weighted by atomic mass is 16.3. The van der Waals surface area contributed by atoms with Gasteiger partial charge in [-0.1, -0.05) is 18.2 Å². The number of para-hydroxylation sites is 1. The average Bonchev–Trinajstić information content (AvgIpc) is 3.07. The maximum absolute atomic E-state index is 12.1. The first-order valence-corrected chi connectivity index (χ1v) is 5.89. The minimum atomic E-state index is -0.278. The molecule has 0 fully saturated rings. The van der Waals surface area contributed by atoms with Gasteiger partial charge < -0.3 is 9.73 Å². The molecule has 0 aliphatic carbocycles. The zero-order valence-electron chi connectivity index (χ0n) is 10.3. The molecule has 0 saturated carbocycles. The molecule has 0 aliphatic heterocycles. The summed E-state index contributed by atoms with van der Waals surface area (Å²) in [6.07, 6.45) is 1.40. The molecule has 0 radical (unpaired) electrons. The van der Waals surface area contributed by atoms with Crippen molar-refractivity contribution >= 4 is 16.9 Å². The monoisotopic (exact) mass is 256 g/mol. The van der Waals surface area contributed by atoms with Gasteiger partial charge in [0.25, 0.3) is 5.91 Å². The van der Waals surface area contributed by atoms with Crippen LogP contribution in [0, 0.1) is 0 Å². The van der Waals surface area contributed by atoms with E-state index in [9.17, 15) is 4.79 Å². The summed E-state index contributed by atoms with van der Waals surface area (Å²) in [5.41, 5.74) is 0.694. The van der Waals surface area contributed by atoms with Crippen molar-refractivity contribution in [2.24, 2.45) is 0 Å². The Morgan fingerprint density at radius 2 is 2.26 bits per heavy atom. The molecule has 1 atom stereocenters. The number of nitrogens with zero attached hydrogens (tertiary/aromatic N) is 2. The van der Waals surface area contributed by atoms with Gasteiger partial charge in [0.1, 0.15) is 17.7 Å². The summed E-state index contributed by atoms with van der Waals surface area (Å²) in [4.78, 5) is 16.0. The van der Waals surface area contributed by atoms with Gasteiger partial charge in [0, 0.05) is 5.39 Å². The highest BCUT2D eigenvalue weighted by molar-refractivity contribution is 5.96. The van der Waals surface area contributed by atoms with E-state index in [1.807, 2.05) is 31.2 Å². The van der Waals surface area contributed by atoms with Crippen LogP contribution >= 0.6 is 0 Å². The third-order valence-corrected chi connectivity index (χ3v) is 2.84. The lowest BCUT2D eigenvalue weighted by molar-refractivity contribution is 0.0912. The number of hydrogen-bond acceptors (Lipinski definition) is 4. The quantitative estimate of drug-likeness (QED) is 0.751. The van der Waals surface area contributed by atoms with Crippen molar-refractivity contribution in [3.05, 3.63) is 48.2 Å². The number of fused-ring (bicyclic) bond motifs is 1. The standard InChI is InChI=1S/C13H12N4O2/c1-8(12-14-7-15-17-12)16-13(18)11-6-9-4-2-3-5-10(9)19-11/h2-8H,1H3,(H,16,18)(H,14,15,17). The van der Waals surface area contributed by atoms with Gasteiger partial charge in [0.15, 0.2) is 5.76 Å². The Balaban J connectivity index is 1.80. The molecule has 3 aromatic rings. The molecule has 2 heterocycles. The summed E-state index contributed by atoms with van der Waals surface area (Å²) in [6.45, 7) is 1.82. The molecule has 19 heavy (non-hydrogen) atoms. The summed E-state index contributed by atoms with van der Waals surface area (Å²) < 4.78 is 5.49. The highest BCUT2D eigenvalue weighted by Crippen LogP contribution is 2.19. The van der Waals surface area contributed by atoms with Crippen LogP contribution in [0.3, 0.4) is 0 Å². The van der Waals surface area contributed by atoms with Crippen LogP contribution in [0.1, 0.15) is 29.3 Å². The summed E-state index contributed by atoms with van der Waals surface area (Å²) in [6, 6.07) is 8.95. The topological polar surface area (TPSA) is 83.8 Å². The Morgan fingerprint density at radius 3 is 3.00 bits per heavy atom. The zero-order chi connectivity index (χ0) is 13.2. The van der Waals surface area contributed by atoms with E-state index in [0.717, 1.165) is 5.39 Å². The summed E-state index contributed by atoms with van der Waals surface area (Å²) >= 11 is 0. The first kappa shape index (κ1) is 11.5. The van der Waals surface area contributed by atoms with Crippen molar-refractivity contribution in [3.8, 4) is 0 Å². The molecule has 6 nitrogen and oxygen atoms in total. The van der Waals surface area contributed by atoms with Crippen LogP contribution in [0.4, 0.5) is 0 Å². The van der Waals surface area contributed by atoms with Gasteiger partial charge in [-0.2, -0.15) is 5.10 Å². The largest absolute Gasteiger partial charge is 0.451 e. The lowest BCUT2D eigenvalue weighted by Gasteiger charge is -2.08. The number of hydrogen-bond donors (Lipinski definition) is 2. The Hall–Kier alpha value is -2.63. The molecule has 0 spiro atoms. The van der Waals surface area contributed by atoms with Crippen LogP contribution in [0.25, 0.3) is 11.0 Å². The van der Waals surface area contributed by atoms with Crippen LogP contribution < -0.4 is 5.32 Å². The van der Waals surface area contributed by atoms with E-state index < -0.39 is 0 Å². The van der Waals surface area contributed by atoms with Gasteiger partial charge in [-0.3, -0.25) is 9.89 Å². The number of H-pyrrole nitrogens is 1. The lowest BCUT2D eigenvalue weighted by Crippen LogP contribution is -2.27. The molecule has 1 amide bonds. The van der Waals surface area contributed by atoms with Crippen LogP contribution in [-0.2, 0) is 0 Å². The van der Waals surface area contributed by atoms with Crippen LogP contribution in [0.15, 0.2) is 41.1 Å². The highest BCUT2D eigenvalue weighted by Gasteiger charge is 2.16. The number of furan rings is 1. The summed E-state index contributed by atoms with van der Waals surface area (Å²) in [5, 5.41) is 10.2. The normalized spacial score (nSPS) is 12.5. The van der Waals surface area contributed by atoms with Gasteiger partial charge in [0.2, 0.25) is 0 Å². The van der Waals surface area contributed by atoms with Gasteiger partial charge in [-0.05, 0) is 19.1 Å². The molecule has 3 rings (SSSR count). The number of carbonyl (C=O) groups is 1. The van der Waals surface area contributed by atoms with Crippen LogP contribution in [-0.4, -0.2) is 21.1 Å². The molecule has 6 heteroatoms. The van der Waals surface area contributed by atoms with Crippen molar-refractivity contribution in [2.45, 2.75) is 13.0 Å². The smallest absolute Gasteiger partial charge is 0.287 e. The number of aromatic amines is 1. The van der Waals surface area contributed by atoms with E-state index in [0.29, 0.717) is 11.4 Å². The molecular formula is C13H12N4O2. The minimum Gasteiger partial charge on any atom is -0.451 e. The number of aromatic nitrogens is 3. The average molecular weight is 256 g/mol. The van der Waals surface area contributed by atoms with E-state index >= 15 is 0 Å². The Bertz CT molecular complexity index is 669. The number of benzene rings is 1. The SMILES string of the molecule is CC(NC(=O)c1cc2ccccc2o1)c1ncn[nH]1. The van der Waals surface area contributed by atoms with Crippen LogP contribution in [0.2, 0.25) is 0 Å². The zero-order valence-corrected chi connectivity index (χ0v) is 10.3. The fraction of sp³-hybridized carbons (Fsp3) is 0.154. The van der Waals surface area contributed by atoms with Crippen LogP contribution in [0.5, 0.6) is 0 Å². The maximum Gasteiger partial charge on any atom is 0.287 e. The molecule has 1 unspecified atom stereocenters. The number of carbonyl (C=O) groups excluding carboxylic acids is 1. The van der Waals surface area contributed by atoms with Crippen molar-refractivity contribution in [1.82, 2.24) is 20.5 Å². The Labute approximate surface area is 108 Å². The van der Waals surface area contributed by atoms with Gasteiger partial charge in [-0.15, -0.1) is 0 Å². The second-order valence-electron chi connectivity index (χ2n) is 4.21. The predicted molar refractivity (Wildman–Crippen MR) is 68.5 cm³/mol. The van der Waals surface area contributed by atoms with Gasteiger partial charge >= 0.3 is 0 Å². The second kappa shape index (κ2) is 4.56. The van der Waals surface area contributed by atoms with E-state index in [4.69, 9.17) is 4.42 Å². The number of nitrogens with one attached hydrogen (secondary N) is 2. The third-order valence-electron chi connectivity index (χ3n) is 2.84. The van der Waals surface area contributed by atoms with Crippen molar-refractivity contribution in [2.75, 3.05) is 0 Å². The summed E-state index contributed by atoms with van der Waals surface area (Å²) in [5.74, 6) is 0.608. The number of rotatable bonds is 3.